The molecule has 4 heterocycles. The van der Waals surface area contributed by atoms with E-state index in [2.05, 4.69) is 15.5 Å². The quantitative estimate of drug-likeness (QED) is 0.711. The maximum atomic E-state index is 6.28. The molecule has 0 aromatic carbocycles. The Bertz CT molecular complexity index is 440. The predicted molar refractivity (Wildman–Crippen MR) is 74.6 cm³/mol. The number of aromatic nitrogens is 2. The van der Waals surface area contributed by atoms with Crippen molar-refractivity contribution in [2.75, 3.05) is 13.2 Å². The van der Waals surface area contributed by atoms with Gasteiger partial charge < -0.3 is 15.8 Å². The van der Waals surface area contributed by atoms with Gasteiger partial charge in [-0.3, -0.25) is 5.10 Å². The molecular formula is C13H20N4OS. The Balaban J connectivity index is 1.68. The lowest BCUT2D eigenvalue weighted by molar-refractivity contribution is 0.00839. The van der Waals surface area contributed by atoms with Crippen molar-refractivity contribution in [1.82, 2.24) is 15.5 Å². The molecule has 6 unspecified atom stereocenters. The highest BCUT2D eigenvalue weighted by Gasteiger charge is 2.52. The van der Waals surface area contributed by atoms with Crippen LogP contribution in [-0.2, 0) is 4.74 Å². The number of nitrogens with two attached hydrogens (primary N) is 1. The fraction of sp³-hybridized carbons (Fsp3) is 0.769. The van der Waals surface area contributed by atoms with Crippen LogP contribution < -0.4 is 11.1 Å². The highest BCUT2D eigenvalue weighted by molar-refractivity contribution is 8.00. The van der Waals surface area contributed by atoms with Crippen LogP contribution in [0.25, 0.3) is 0 Å². The molecule has 6 atom stereocenters. The number of ether oxygens (including phenoxy) is 1. The topological polar surface area (TPSA) is 76.0 Å². The smallest absolute Gasteiger partial charge is 0.0778 e. The number of hydrogen-bond acceptors (Lipinski definition) is 5. The summed E-state index contributed by atoms with van der Waals surface area (Å²) in [5, 5.41) is 11.5. The Morgan fingerprint density at radius 3 is 3.26 bits per heavy atom. The highest BCUT2D eigenvalue weighted by Crippen LogP contribution is 2.54. The largest absolute Gasteiger partial charge is 0.376 e. The van der Waals surface area contributed by atoms with Gasteiger partial charge in [0.2, 0.25) is 0 Å². The Labute approximate surface area is 117 Å². The third kappa shape index (κ3) is 1.93. The maximum Gasteiger partial charge on any atom is 0.0778 e. The minimum Gasteiger partial charge on any atom is -0.376 e. The molecule has 19 heavy (non-hydrogen) atoms. The number of nitrogens with one attached hydrogen (secondary N) is 2. The first-order valence-corrected chi connectivity index (χ1v) is 8.03. The summed E-state index contributed by atoms with van der Waals surface area (Å²) in [6, 6.07) is 0. The van der Waals surface area contributed by atoms with E-state index in [-0.39, 0.29) is 6.17 Å². The van der Waals surface area contributed by atoms with Crippen LogP contribution in [0.5, 0.6) is 0 Å². The molecule has 0 amide bonds. The number of rotatable bonds is 1. The highest BCUT2D eigenvalue weighted by atomic mass is 32.2. The van der Waals surface area contributed by atoms with E-state index in [0.717, 1.165) is 19.6 Å². The van der Waals surface area contributed by atoms with E-state index in [4.69, 9.17) is 10.5 Å². The zero-order valence-electron chi connectivity index (χ0n) is 10.8. The maximum absolute atomic E-state index is 6.28. The van der Waals surface area contributed by atoms with E-state index in [9.17, 15) is 0 Å². The molecule has 0 saturated carbocycles. The standard InChI is InChI=1S/C13H20N4OS/c14-13-8-2-1-3-18-11-10(8)9(6-15-13)19-12(11)7-4-16-17-5-7/h4-5,8-13,15H,1-3,6,14H2,(H,16,17). The minimum atomic E-state index is 0.133. The molecule has 0 spiro atoms. The molecule has 104 valence electrons. The Morgan fingerprint density at radius 1 is 1.47 bits per heavy atom. The number of H-pyrrole nitrogens is 1. The first kappa shape index (κ1) is 12.2. The molecule has 3 fully saturated rings. The summed E-state index contributed by atoms with van der Waals surface area (Å²) in [6.07, 6.45) is 6.69. The van der Waals surface area contributed by atoms with Gasteiger partial charge in [-0.2, -0.15) is 5.10 Å². The van der Waals surface area contributed by atoms with Gasteiger partial charge in [-0.1, -0.05) is 0 Å². The van der Waals surface area contributed by atoms with Gasteiger partial charge >= 0.3 is 0 Å². The molecule has 0 radical (unpaired) electrons. The number of aromatic amines is 1. The second kappa shape index (κ2) is 4.77. The molecule has 3 saturated heterocycles. The molecule has 1 aromatic heterocycles. The second-order valence-corrected chi connectivity index (χ2v) is 7.17. The van der Waals surface area contributed by atoms with Crippen molar-refractivity contribution in [3.05, 3.63) is 18.0 Å². The molecular weight excluding hydrogens is 260 g/mol. The van der Waals surface area contributed by atoms with Crippen molar-refractivity contribution in [3.8, 4) is 0 Å². The predicted octanol–water partition coefficient (Wildman–Crippen LogP) is 0.866. The SMILES string of the molecule is NC1NCC2SC(c3cn[nH]c3)C3OCCCC1C23. The van der Waals surface area contributed by atoms with Gasteiger partial charge in [0.15, 0.2) is 0 Å². The Hall–Kier alpha value is -0.560. The molecule has 0 bridgehead atoms. The van der Waals surface area contributed by atoms with Crippen LogP contribution in [0.15, 0.2) is 12.4 Å². The first-order valence-electron chi connectivity index (χ1n) is 7.09. The molecule has 1 aromatic rings. The lowest BCUT2D eigenvalue weighted by Crippen LogP contribution is -2.57. The molecule has 6 heteroatoms. The first-order chi connectivity index (χ1) is 9.34. The summed E-state index contributed by atoms with van der Waals surface area (Å²) in [5.41, 5.74) is 7.54. The lowest BCUT2D eigenvalue weighted by Gasteiger charge is -2.39. The average Bonchev–Trinajstić information content (AvgIpc) is 2.98. The van der Waals surface area contributed by atoms with Gasteiger partial charge in [-0.25, -0.2) is 0 Å². The van der Waals surface area contributed by atoms with Gasteiger partial charge in [0.1, 0.15) is 0 Å². The van der Waals surface area contributed by atoms with Crippen LogP contribution in [0.4, 0.5) is 0 Å². The third-order valence-corrected chi connectivity index (χ3v) is 6.44. The molecule has 4 rings (SSSR count). The molecule has 3 aliphatic heterocycles. The fourth-order valence-electron chi connectivity index (χ4n) is 3.91. The van der Waals surface area contributed by atoms with Crippen LogP contribution in [0.2, 0.25) is 0 Å². The van der Waals surface area contributed by atoms with Gasteiger partial charge in [0, 0.05) is 36.1 Å². The summed E-state index contributed by atoms with van der Waals surface area (Å²) >= 11 is 2.04. The Kier molecular flexibility index (Phi) is 3.06. The van der Waals surface area contributed by atoms with Gasteiger partial charge in [-0.15, -0.1) is 11.8 Å². The summed E-state index contributed by atoms with van der Waals surface area (Å²) in [6.45, 7) is 1.87. The van der Waals surface area contributed by atoms with Crippen LogP contribution in [0.1, 0.15) is 23.7 Å². The average molecular weight is 280 g/mol. The number of thioether (sulfide) groups is 1. The van der Waals surface area contributed by atoms with Crippen LogP contribution >= 0.6 is 11.8 Å². The lowest BCUT2D eigenvalue weighted by atomic mass is 9.77. The van der Waals surface area contributed by atoms with Crippen LogP contribution in [0, 0.1) is 11.8 Å². The third-order valence-electron chi connectivity index (χ3n) is 4.78. The van der Waals surface area contributed by atoms with E-state index in [0.29, 0.717) is 28.4 Å². The van der Waals surface area contributed by atoms with Crippen molar-refractivity contribution in [2.45, 2.75) is 35.6 Å². The number of piperidine rings is 1. The van der Waals surface area contributed by atoms with Gasteiger partial charge in [0.05, 0.1) is 23.7 Å². The monoisotopic (exact) mass is 280 g/mol. The van der Waals surface area contributed by atoms with Crippen LogP contribution in [0.3, 0.4) is 0 Å². The van der Waals surface area contributed by atoms with Crippen molar-refractivity contribution in [1.29, 1.82) is 0 Å². The zero-order valence-corrected chi connectivity index (χ0v) is 11.6. The van der Waals surface area contributed by atoms with E-state index >= 15 is 0 Å². The van der Waals surface area contributed by atoms with Gasteiger partial charge in [0.25, 0.3) is 0 Å². The van der Waals surface area contributed by atoms with E-state index in [1.807, 2.05) is 24.2 Å². The van der Waals surface area contributed by atoms with Gasteiger partial charge in [-0.05, 0) is 18.8 Å². The van der Waals surface area contributed by atoms with E-state index in [1.54, 1.807) is 0 Å². The van der Waals surface area contributed by atoms with Crippen molar-refractivity contribution in [2.24, 2.45) is 17.6 Å². The summed E-state index contributed by atoms with van der Waals surface area (Å²) in [7, 11) is 0. The zero-order chi connectivity index (χ0) is 12.8. The van der Waals surface area contributed by atoms with Crippen LogP contribution in [-0.4, -0.2) is 40.9 Å². The van der Waals surface area contributed by atoms with Crippen molar-refractivity contribution in [3.63, 3.8) is 0 Å². The molecule has 4 N–H and O–H groups in total. The summed E-state index contributed by atoms with van der Waals surface area (Å²) in [4.78, 5) is 0. The van der Waals surface area contributed by atoms with Crippen molar-refractivity contribution < 1.29 is 4.74 Å². The van der Waals surface area contributed by atoms with E-state index in [1.165, 1.54) is 12.0 Å². The number of nitrogens with zero attached hydrogens (tertiary/aromatic N) is 1. The molecule has 0 aliphatic carbocycles. The second-order valence-electron chi connectivity index (χ2n) is 5.78. The molecule has 3 aliphatic rings. The normalized spacial score (nSPS) is 45.7. The van der Waals surface area contributed by atoms with E-state index < -0.39 is 0 Å². The summed E-state index contributed by atoms with van der Waals surface area (Å²) in [5.74, 6) is 1.14. The summed E-state index contributed by atoms with van der Waals surface area (Å²) < 4.78 is 6.20. The Morgan fingerprint density at radius 2 is 2.42 bits per heavy atom. The minimum absolute atomic E-state index is 0.133. The van der Waals surface area contributed by atoms with Crippen molar-refractivity contribution >= 4 is 11.8 Å². The molecule has 5 nitrogen and oxygen atoms in total. The number of hydrogen-bond donors (Lipinski definition) is 3. The fourth-order valence-corrected chi connectivity index (χ4v) is 5.72.